The van der Waals surface area contributed by atoms with E-state index in [0.29, 0.717) is 0 Å². The molecule has 0 amide bonds. The van der Waals surface area contributed by atoms with Crippen molar-refractivity contribution in [3.8, 4) is 17.0 Å². The molecule has 1 aromatic heterocycles. The van der Waals surface area contributed by atoms with Crippen molar-refractivity contribution in [3.05, 3.63) is 59.8 Å². The summed E-state index contributed by atoms with van der Waals surface area (Å²) < 4.78 is 43.9. The summed E-state index contributed by atoms with van der Waals surface area (Å²) in [6, 6.07) is 10.7. The zero-order valence-electron chi connectivity index (χ0n) is 14.2. The average molecular weight is 389 g/mol. The van der Waals surface area contributed by atoms with E-state index >= 15 is 0 Å². The molecule has 3 aromatic rings. The monoisotopic (exact) mass is 389 g/mol. The lowest BCUT2D eigenvalue weighted by Crippen LogP contribution is -2.07. The quantitative estimate of drug-likeness (QED) is 0.639. The van der Waals surface area contributed by atoms with Crippen molar-refractivity contribution in [2.45, 2.75) is 16.8 Å². The molecule has 1 N–H and O–H groups in total. The number of hydrogen-bond donors (Lipinski definition) is 1. The molecule has 4 rings (SSSR count). The molecule has 0 saturated carbocycles. The third kappa shape index (κ3) is 3.57. The fourth-order valence-corrected chi connectivity index (χ4v) is 3.85. The molecule has 2 aromatic carbocycles. The van der Waals surface area contributed by atoms with Gasteiger partial charge in [0, 0.05) is 33.7 Å². The van der Waals surface area contributed by atoms with Crippen LogP contribution in [0.3, 0.4) is 0 Å². The highest BCUT2D eigenvalue weighted by Crippen LogP contribution is 2.42. The second kappa shape index (κ2) is 6.77. The van der Waals surface area contributed by atoms with Crippen LogP contribution in [0.2, 0.25) is 0 Å². The standard InChI is InChI=1S/C19H14F3N3OS/c1-26-14-5-6-15-16(8-14)27-10-11-9-23-18(25-17(11)15)24-13-4-2-3-12(7-13)19(20,21)22/h2-9H,10H2,1H3,(H,23,24,25). The molecule has 1 aliphatic heterocycles. The Kier molecular flexibility index (Phi) is 4.43. The Balaban J connectivity index is 1.67. The number of ether oxygens (including phenoxy) is 1. The highest BCUT2D eigenvalue weighted by Gasteiger charge is 2.30. The molecule has 4 nitrogen and oxygen atoms in total. The summed E-state index contributed by atoms with van der Waals surface area (Å²) in [6.07, 6.45) is -2.69. The zero-order chi connectivity index (χ0) is 19.0. The van der Waals surface area contributed by atoms with Gasteiger partial charge >= 0.3 is 6.18 Å². The Labute approximate surface area is 157 Å². The first-order valence-electron chi connectivity index (χ1n) is 8.05. The number of methoxy groups -OCH3 is 1. The van der Waals surface area contributed by atoms with E-state index in [4.69, 9.17) is 4.74 Å². The van der Waals surface area contributed by atoms with Crippen molar-refractivity contribution in [3.63, 3.8) is 0 Å². The first-order valence-corrected chi connectivity index (χ1v) is 9.04. The van der Waals surface area contributed by atoms with E-state index in [-0.39, 0.29) is 11.6 Å². The first-order chi connectivity index (χ1) is 12.9. The number of nitrogens with zero attached hydrogens (tertiary/aromatic N) is 2. The molecular weight excluding hydrogens is 375 g/mol. The summed E-state index contributed by atoms with van der Waals surface area (Å²) >= 11 is 1.67. The Bertz CT molecular complexity index is 1010. The van der Waals surface area contributed by atoms with Crippen molar-refractivity contribution < 1.29 is 17.9 Å². The second-order valence-corrected chi connectivity index (χ2v) is 6.94. The largest absolute Gasteiger partial charge is 0.497 e. The van der Waals surface area contributed by atoms with Crippen LogP contribution in [0, 0.1) is 0 Å². The van der Waals surface area contributed by atoms with E-state index < -0.39 is 11.7 Å². The Morgan fingerprint density at radius 2 is 2.00 bits per heavy atom. The summed E-state index contributed by atoms with van der Waals surface area (Å²) in [6.45, 7) is 0. The van der Waals surface area contributed by atoms with Crippen LogP contribution < -0.4 is 10.1 Å². The molecule has 27 heavy (non-hydrogen) atoms. The van der Waals surface area contributed by atoms with Crippen LogP contribution >= 0.6 is 11.8 Å². The number of hydrogen-bond acceptors (Lipinski definition) is 5. The van der Waals surface area contributed by atoms with Crippen molar-refractivity contribution in [1.82, 2.24) is 9.97 Å². The van der Waals surface area contributed by atoms with Gasteiger partial charge in [0.05, 0.1) is 18.4 Å². The van der Waals surface area contributed by atoms with E-state index in [1.165, 1.54) is 6.07 Å². The molecule has 0 saturated heterocycles. The van der Waals surface area contributed by atoms with Crippen LogP contribution in [0.25, 0.3) is 11.3 Å². The van der Waals surface area contributed by atoms with Gasteiger partial charge in [-0.3, -0.25) is 0 Å². The van der Waals surface area contributed by atoms with Gasteiger partial charge in [0.15, 0.2) is 0 Å². The van der Waals surface area contributed by atoms with Crippen molar-refractivity contribution in [2.75, 3.05) is 12.4 Å². The van der Waals surface area contributed by atoms with E-state index in [9.17, 15) is 13.2 Å². The fourth-order valence-electron chi connectivity index (χ4n) is 2.81. The summed E-state index contributed by atoms with van der Waals surface area (Å²) in [5.41, 5.74) is 2.27. The number of thioether (sulfide) groups is 1. The van der Waals surface area contributed by atoms with Gasteiger partial charge < -0.3 is 10.1 Å². The Morgan fingerprint density at radius 3 is 2.78 bits per heavy atom. The maximum atomic E-state index is 12.9. The average Bonchev–Trinajstić information content (AvgIpc) is 2.67. The van der Waals surface area contributed by atoms with E-state index in [1.54, 1.807) is 31.1 Å². The van der Waals surface area contributed by atoms with Gasteiger partial charge in [-0.05, 0) is 36.4 Å². The van der Waals surface area contributed by atoms with E-state index in [2.05, 4.69) is 15.3 Å². The predicted octanol–water partition coefficient (Wildman–Crippen LogP) is 5.52. The fraction of sp³-hybridized carbons (Fsp3) is 0.158. The minimum absolute atomic E-state index is 0.252. The lowest BCUT2D eigenvalue weighted by molar-refractivity contribution is -0.137. The molecule has 0 radical (unpaired) electrons. The molecule has 2 heterocycles. The van der Waals surface area contributed by atoms with Crippen molar-refractivity contribution in [2.24, 2.45) is 0 Å². The molecule has 8 heteroatoms. The number of benzene rings is 2. The normalized spacial score (nSPS) is 12.9. The van der Waals surface area contributed by atoms with Crippen molar-refractivity contribution >= 4 is 23.4 Å². The van der Waals surface area contributed by atoms with Gasteiger partial charge in [-0.2, -0.15) is 13.2 Å². The molecule has 0 unspecified atom stereocenters. The molecule has 0 bridgehead atoms. The molecule has 1 aliphatic rings. The van der Waals surface area contributed by atoms with Crippen molar-refractivity contribution in [1.29, 1.82) is 0 Å². The number of nitrogens with one attached hydrogen (secondary N) is 1. The number of anilines is 2. The molecule has 0 fully saturated rings. The molecule has 0 spiro atoms. The maximum absolute atomic E-state index is 12.9. The molecular formula is C19H14F3N3OS. The number of halogens is 3. The third-order valence-electron chi connectivity index (χ3n) is 4.14. The number of alkyl halides is 3. The smallest absolute Gasteiger partial charge is 0.416 e. The number of aromatic nitrogens is 2. The summed E-state index contributed by atoms with van der Waals surface area (Å²) in [5, 5.41) is 2.87. The van der Waals surface area contributed by atoms with Gasteiger partial charge in [0.25, 0.3) is 0 Å². The van der Waals surface area contributed by atoms with Gasteiger partial charge in [-0.25, -0.2) is 9.97 Å². The third-order valence-corrected chi connectivity index (χ3v) is 5.24. The molecule has 0 atom stereocenters. The SMILES string of the molecule is COc1ccc2c(c1)SCc1cnc(Nc3cccc(C(F)(F)F)c3)nc1-2. The van der Waals surface area contributed by atoms with Gasteiger partial charge in [0.2, 0.25) is 5.95 Å². The summed E-state index contributed by atoms with van der Waals surface area (Å²) in [4.78, 5) is 9.83. The van der Waals surface area contributed by atoms with Crippen LogP contribution in [0.15, 0.2) is 53.6 Å². The lowest BCUT2D eigenvalue weighted by atomic mass is 10.1. The van der Waals surface area contributed by atoms with Gasteiger partial charge in [-0.15, -0.1) is 11.8 Å². The molecule has 0 aliphatic carbocycles. The molecule has 138 valence electrons. The Morgan fingerprint density at radius 1 is 1.15 bits per heavy atom. The number of rotatable bonds is 3. The van der Waals surface area contributed by atoms with Gasteiger partial charge in [-0.1, -0.05) is 6.07 Å². The highest BCUT2D eigenvalue weighted by atomic mass is 32.2. The van der Waals surface area contributed by atoms with Crippen LogP contribution in [-0.2, 0) is 11.9 Å². The first kappa shape index (κ1) is 17.7. The minimum atomic E-state index is -4.40. The van der Waals surface area contributed by atoms with Gasteiger partial charge in [0.1, 0.15) is 5.75 Å². The highest BCUT2D eigenvalue weighted by molar-refractivity contribution is 7.98. The minimum Gasteiger partial charge on any atom is -0.497 e. The predicted molar refractivity (Wildman–Crippen MR) is 98.3 cm³/mol. The van der Waals surface area contributed by atoms with E-state index in [0.717, 1.165) is 45.4 Å². The Hall–Kier alpha value is -2.74. The van der Waals surface area contributed by atoms with E-state index in [1.807, 2.05) is 18.2 Å². The second-order valence-electron chi connectivity index (χ2n) is 5.92. The number of fused-ring (bicyclic) bond motifs is 3. The van der Waals surface area contributed by atoms with Crippen LogP contribution in [0.1, 0.15) is 11.1 Å². The van der Waals surface area contributed by atoms with Crippen LogP contribution in [0.5, 0.6) is 5.75 Å². The maximum Gasteiger partial charge on any atom is 0.416 e. The zero-order valence-corrected chi connectivity index (χ0v) is 15.0. The summed E-state index contributed by atoms with van der Waals surface area (Å²) in [5.74, 6) is 1.74. The summed E-state index contributed by atoms with van der Waals surface area (Å²) in [7, 11) is 1.61. The van der Waals surface area contributed by atoms with Crippen LogP contribution in [-0.4, -0.2) is 17.1 Å². The lowest BCUT2D eigenvalue weighted by Gasteiger charge is -2.19. The van der Waals surface area contributed by atoms with Crippen LogP contribution in [0.4, 0.5) is 24.8 Å². The topological polar surface area (TPSA) is 47.0 Å².